The smallest absolute Gasteiger partial charge is 0.0608 e. The van der Waals surface area contributed by atoms with Crippen LogP contribution in [0.2, 0.25) is 0 Å². The van der Waals surface area contributed by atoms with Crippen molar-refractivity contribution in [2.45, 2.75) is 26.3 Å². The Kier molecular flexibility index (Phi) is 3.82. The molecule has 0 bridgehead atoms. The Hall–Kier alpha value is -1.61. The summed E-state index contributed by atoms with van der Waals surface area (Å²) in [5, 5.41) is 7.72. The second-order valence-corrected chi connectivity index (χ2v) is 4.63. The van der Waals surface area contributed by atoms with Gasteiger partial charge in [-0.25, -0.2) is 0 Å². The molecule has 0 aliphatic heterocycles. The van der Waals surface area contributed by atoms with E-state index < -0.39 is 0 Å². The third-order valence-corrected chi connectivity index (χ3v) is 3.57. The number of hydrogen-bond donors (Lipinski definition) is 1. The molecular formula is C15H21N3. The Balaban J connectivity index is 2.41. The first-order chi connectivity index (χ1) is 8.67. The van der Waals surface area contributed by atoms with Gasteiger partial charge in [-0.2, -0.15) is 5.10 Å². The number of hydrogen-bond acceptors (Lipinski definition) is 2. The second kappa shape index (κ2) is 5.36. The Bertz CT molecular complexity index is 528. The SMILES string of the molecule is CCc1cccc(C(NC)c2cnn(C)c2C)c1. The lowest BCUT2D eigenvalue weighted by Crippen LogP contribution is -2.18. The predicted molar refractivity (Wildman–Crippen MR) is 74.7 cm³/mol. The molecule has 0 amide bonds. The number of rotatable bonds is 4. The molecule has 0 aliphatic carbocycles. The fourth-order valence-electron chi connectivity index (χ4n) is 2.29. The molecule has 0 aliphatic rings. The molecular weight excluding hydrogens is 222 g/mol. The Labute approximate surface area is 109 Å². The molecule has 18 heavy (non-hydrogen) atoms. The molecule has 1 N–H and O–H groups in total. The van der Waals surface area contributed by atoms with E-state index in [2.05, 4.69) is 48.5 Å². The molecule has 0 saturated carbocycles. The van der Waals surface area contributed by atoms with Gasteiger partial charge in [0.05, 0.1) is 12.2 Å². The Morgan fingerprint density at radius 3 is 2.72 bits per heavy atom. The third-order valence-electron chi connectivity index (χ3n) is 3.57. The van der Waals surface area contributed by atoms with Crippen molar-refractivity contribution in [3.8, 4) is 0 Å². The van der Waals surface area contributed by atoms with Gasteiger partial charge in [-0.3, -0.25) is 4.68 Å². The van der Waals surface area contributed by atoms with Crippen LogP contribution in [-0.2, 0) is 13.5 Å². The highest BCUT2D eigenvalue weighted by Gasteiger charge is 2.16. The summed E-state index contributed by atoms with van der Waals surface area (Å²) >= 11 is 0. The van der Waals surface area contributed by atoms with Crippen molar-refractivity contribution in [1.82, 2.24) is 15.1 Å². The third kappa shape index (κ3) is 2.31. The van der Waals surface area contributed by atoms with Crippen molar-refractivity contribution in [1.29, 1.82) is 0 Å². The van der Waals surface area contributed by atoms with Crippen LogP contribution in [0.25, 0.3) is 0 Å². The van der Waals surface area contributed by atoms with Crippen molar-refractivity contribution < 1.29 is 0 Å². The normalized spacial score (nSPS) is 12.7. The fourth-order valence-corrected chi connectivity index (χ4v) is 2.29. The van der Waals surface area contributed by atoms with Gasteiger partial charge >= 0.3 is 0 Å². The molecule has 3 nitrogen and oxygen atoms in total. The van der Waals surface area contributed by atoms with Gasteiger partial charge in [0.15, 0.2) is 0 Å². The highest BCUT2D eigenvalue weighted by Crippen LogP contribution is 2.24. The zero-order chi connectivity index (χ0) is 13.1. The number of aryl methyl sites for hydroxylation is 2. The first-order valence-corrected chi connectivity index (χ1v) is 6.42. The standard InChI is InChI=1S/C15H21N3/c1-5-12-7-6-8-13(9-12)15(16-3)14-10-17-18(4)11(14)2/h6-10,15-16H,5H2,1-4H3. The molecule has 3 heteroatoms. The molecule has 1 heterocycles. The summed E-state index contributed by atoms with van der Waals surface area (Å²) in [6, 6.07) is 8.96. The van der Waals surface area contributed by atoms with E-state index in [0.29, 0.717) is 0 Å². The predicted octanol–water partition coefficient (Wildman–Crippen LogP) is 2.60. The first-order valence-electron chi connectivity index (χ1n) is 6.42. The average Bonchev–Trinajstić information content (AvgIpc) is 2.72. The van der Waals surface area contributed by atoms with E-state index in [0.717, 1.165) is 6.42 Å². The first kappa shape index (κ1) is 12.8. The van der Waals surface area contributed by atoms with Crippen LogP contribution in [0.15, 0.2) is 30.5 Å². The van der Waals surface area contributed by atoms with Crippen LogP contribution >= 0.6 is 0 Å². The fraction of sp³-hybridized carbons (Fsp3) is 0.400. The maximum atomic E-state index is 4.33. The quantitative estimate of drug-likeness (QED) is 0.894. The van der Waals surface area contributed by atoms with Crippen LogP contribution in [0.1, 0.15) is 35.3 Å². The molecule has 0 saturated heterocycles. The summed E-state index contributed by atoms with van der Waals surface area (Å²) in [6.07, 6.45) is 3.02. The van der Waals surface area contributed by atoms with Gasteiger partial charge < -0.3 is 5.32 Å². The zero-order valence-electron chi connectivity index (χ0n) is 11.6. The molecule has 2 rings (SSSR count). The largest absolute Gasteiger partial charge is 0.309 e. The van der Waals surface area contributed by atoms with Crippen molar-refractivity contribution in [2.75, 3.05) is 7.05 Å². The lowest BCUT2D eigenvalue weighted by Gasteiger charge is -2.17. The van der Waals surface area contributed by atoms with E-state index in [-0.39, 0.29) is 6.04 Å². The highest BCUT2D eigenvalue weighted by atomic mass is 15.3. The molecule has 2 aromatic rings. The second-order valence-electron chi connectivity index (χ2n) is 4.63. The minimum Gasteiger partial charge on any atom is -0.309 e. The zero-order valence-corrected chi connectivity index (χ0v) is 11.6. The maximum Gasteiger partial charge on any atom is 0.0608 e. The minimum atomic E-state index is 0.213. The van der Waals surface area contributed by atoms with E-state index in [9.17, 15) is 0 Å². The summed E-state index contributed by atoms with van der Waals surface area (Å²) in [4.78, 5) is 0. The average molecular weight is 243 g/mol. The van der Waals surface area contributed by atoms with Gasteiger partial charge in [-0.1, -0.05) is 31.2 Å². The van der Waals surface area contributed by atoms with Crippen LogP contribution in [0.3, 0.4) is 0 Å². The monoisotopic (exact) mass is 243 g/mol. The summed E-state index contributed by atoms with van der Waals surface area (Å²) in [7, 11) is 3.98. The van der Waals surface area contributed by atoms with Crippen LogP contribution in [0.4, 0.5) is 0 Å². The van der Waals surface area contributed by atoms with Gasteiger partial charge in [0.1, 0.15) is 0 Å². The van der Waals surface area contributed by atoms with Crippen LogP contribution in [0, 0.1) is 6.92 Å². The van der Waals surface area contributed by atoms with Gasteiger partial charge in [-0.15, -0.1) is 0 Å². The van der Waals surface area contributed by atoms with Crippen LogP contribution in [-0.4, -0.2) is 16.8 Å². The van der Waals surface area contributed by atoms with Crippen molar-refractivity contribution in [3.63, 3.8) is 0 Å². The van der Waals surface area contributed by atoms with Crippen LogP contribution < -0.4 is 5.32 Å². The number of benzene rings is 1. The van der Waals surface area contributed by atoms with E-state index in [1.54, 1.807) is 0 Å². The minimum absolute atomic E-state index is 0.213. The van der Waals surface area contributed by atoms with Gasteiger partial charge in [-0.05, 0) is 31.5 Å². The van der Waals surface area contributed by atoms with E-state index in [1.165, 1.54) is 22.4 Å². The lowest BCUT2D eigenvalue weighted by molar-refractivity contribution is 0.678. The Morgan fingerprint density at radius 2 is 2.17 bits per heavy atom. The molecule has 0 radical (unpaired) electrons. The van der Waals surface area contributed by atoms with Gasteiger partial charge in [0.2, 0.25) is 0 Å². The molecule has 1 atom stereocenters. The Morgan fingerprint density at radius 1 is 1.39 bits per heavy atom. The summed E-state index contributed by atoms with van der Waals surface area (Å²) in [6.45, 7) is 4.29. The van der Waals surface area contributed by atoms with E-state index >= 15 is 0 Å². The van der Waals surface area contributed by atoms with Gasteiger partial charge in [0, 0.05) is 18.3 Å². The number of nitrogens with one attached hydrogen (secondary N) is 1. The molecule has 1 aromatic carbocycles. The summed E-state index contributed by atoms with van der Waals surface area (Å²) in [5.41, 5.74) is 5.12. The molecule has 96 valence electrons. The molecule has 1 unspecified atom stereocenters. The van der Waals surface area contributed by atoms with Crippen molar-refractivity contribution in [2.24, 2.45) is 7.05 Å². The molecule has 1 aromatic heterocycles. The number of nitrogens with zero attached hydrogens (tertiary/aromatic N) is 2. The van der Waals surface area contributed by atoms with Crippen LogP contribution in [0.5, 0.6) is 0 Å². The lowest BCUT2D eigenvalue weighted by atomic mass is 9.97. The van der Waals surface area contributed by atoms with Gasteiger partial charge in [0.25, 0.3) is 0 Å². The topological polar surface area (TPSA) is 29.9 Å². The molecule has 0 fully saturated rings. The summed E-state index contributed by atoms with van der Waals surface area (Å²) in [5.74, 6) is 0. The molecule has 0 spiro atoms. The van der Waals surface area contributed by atoms with Crippen molar-refractivity contribution >= 4 is 0 Å². The highest BCUT2D eigenvalue weighted by molar-refractivity contribution is 5.35. The number of aromatic nitrogens is 2. The van der Waals surface area contributed by atoms with E-state index in [4.69, 9.17) is 0 Å². The maximum absolute atomic E-state index is 4.33. The van der Waals surface area contributed by atoms with E-state index in [1.807, 2.05) is 25.0 Å². The van der Waals surface area contributed by atoms with Crippen molar-refractivity contribution in [3.05, 3.63) is 52.8 Å². The summed E-state index contributed by atoms with van der Waals surface area (Å²) < 4.78 is 1.92.